The summed E-state index contributed by atoms with van der Waals surface area (Å²) in [5.74, 6) is 0.975. The molecule has 1 saturated carbocycles. The fourth-order valence-corrected chi connectivity index (χ4v) is 2.53. The lowest BCUT2D eigenvalue weighted by Gasteiger charge is -2.16. The summed E-state index contributed by atoms with van der Waals surface area (Å²) in [7, 11) is 0. The van der Waals surface area contributed by atoms with E-state index in [2.05, 4.69) is 17.6 Å². The van der Waals surface area contributed by atoms with Crippen LogP contribution >= 0.6 is 0 Å². The van der Waals surface area contributed by atoms with Crippen LogP contribution in [0.1, 0.15) is 39.0 Å². The average molecular weight is 210 g/mol. The lowest BCUT2D eigenvalue weighted by Crippen LogP contribution is -2.36. The van der Waals surface area contributed by atoms with E-state index in [-0.39, 0.29) is 5.41 Å². The summed E-state index contributed by atoms with van der Waals surface area (Å²) in [6, 6.07) is 0. The van der Waals surface area contributed by atoms with Gasteiger partial charge in [-0.1, -0.05) is 13.3 Å². The number of amides is 1. The Balaban J connectivity index is 1.72. The molecule has 2 aliphatic rings. The minimum absolute atomic E-state index is 0.0424. The van der Waals surface area contributed by atoms with Crippen molar-refractivity contribution in [3.05, 3.63) is 0 Å². The smallest absolute Gasteiger partial charge is 0.226 e. The van der Waals surface area contributed by atoms with Gasteiger partial charge in [-0.2, -0.15) is 0 Å². The van der Waals surface area contributed by atoms with Gasteiger partial charge in [0.1, 0.15) is 0 Å². The number of hydrogen-bond donors (Lipinski definition) is 2. The molecule has 86 valence electrons. The molecule has 1 aliphatic heterocycles. The minimum Gasteiger partial charge on any atom is -0.355 e. The predicted octanol–water partition coefficient (Wildman–Crippen LogP) is 1.29. The predicted molar refractivity (Wildman–Crippen MR) is 60.6 cm³/mol. The van der Waals surface area contributed by atoms with Gasteiger partial charge in [0.05, 0.1) is 0 Å². The first kappa shape index (κ1) is 10.9. The van der Waals surface area contributed by atoms with Crippen LogP contribution in [0, 0.1) is 11.3 Å². The highest BCUT2D eigenvalue weighted by atomic mass is 16.2. The van der Waals surface area contributed by atoms with Gasteiger partial charge in [0.2, 0.25) is 5.91 Å². The number of nitrogens with one attached hydrogen (secondary N) is 2. The molecule has 0 spiro atoms. The zero-order valence-corrected chi connectivity index (χ0v) is 9.64. The third kappa shape index (κ3) is 2.51. The SMILES string of the molecule is CCCC1(C(=O)NCC2CCNC2)CC1. The van der Waals surface area contributed by atoms with Crippen molar-refractivity contribution in [3.8, 4) is 0 Å². The minimum atomic E-state index is 0.0424. The van der Waals surface area contributed by atoms with Crippen molar-refractivity contribution in [3.63, 3.8) is 0 Å². The molecule has 1 atom stereocenters. The maximum Gasteiger partial charge on any atom is 0.226 e. The van der Waals surface area contributed by atoms with E-state index in [1.165, 1.54) is 6.42 Å². The molecular weight excluding hydrogens is 188 g/mol. The van der Waals surface area contributed by atoms with Crippen LogP contribution in [0.5, 0.6) is 0 Å². The van der Waals surface area contributed by atoms with Gasteiger partial charge in [0.15, 0.2) is 0 Å². The van der Waals surface area contributed by atoms with E-state index < -0.39 is 0 Å². The van der Waals surface area contributed by atoms with Gasteiger partial charge in [-0.05, 0) is 44.7 Å². The Hall–Kier alpha value is -0.570. The zero-order chi connectivity index (χ0) is 10.7. The summed E-state index contributed by atoms with van der Waals surface area (Å²) >= 11 is 0. The highest BCUT2D eigenvalue weighted by Crippen LogP contribution is 2.49. The van der Waals surface area contributed by atoms with Gasteiger partial charge in [-0.3, -0.25) is 4.79 Å². The summed E-state index contributed by atoms with van der Waals surface area (Å²) in [4.78, 5) is 11.9. The maximum absolute atomic E-state index is 11.9. The number of carbonyl (C=O) groups excluding carboxylic acids is 1. The molecule has 0 bridgehead atoms. The molecule has 3 heteroatoms. The Kier molecular flexibility index (Phi) is 3.29. The molecular formula is C12H22N2O. The van der Waals surface area contributed by atoms with E-state index in [1.54, 1.807) is 0 Å². The van der Waals surface area contributed by atoms with Crippen LogP contribution in [0.3, 0.4) is 0 Å². The average Bonchev–Trinajstić information content (AvgIpc) is 2.83. The normalized spacial score (nSPS) is 27.7. The molecule has 1 saturated heterocycles. The monoisotopic (exact) mass is 210 g/mol. The van der Waals surface area contributed by atoms with Crippen LogP contribution in [-0.4, -0.2) is 25.5 Å². The second-order valence-electron chi connectivity index (χ2n) is 5.10. The van der Waals surface area contributed by atoms with Crippen LogP contribution in [0.25, 0.3) is 0 Å². The molecule has 1 unspecified atom stereocenters. The Morgan fingerprint density at radius 2 is 2.33 bits per heavy atom. The van der Waals surface area contributed by atoms with Crippen molar-refractivity contribution in [2.75, 3.05) is 19.6 Å². The first-order chi connectivity index (χ1) is 7.27. The number of carbonyl (C=O) groups is 1. The quantitative estimate of drug-likeness (QED) is 0.718. The summed E-state index contributed by atoms with van der Waals surface area (Å²) in [5.41, 5.74) is 0.0424. The fraction of sp³-hybridized carbons (Fsp3) is 0.917. The van der Waals surface area contributed by atoms with E-state index in [0.717, 1.165) is 45.3 Å². The van der Waals surface area contributed by atoms with Crippen molar-refractivity contribution in [2.45, 2.75) is 39.0 Å². The van der Waals surface area contributed by atoms with Crippen LogP contribution in [0.4, 0.5) is 0 Å². The third-order valence-electron chi connectivity index (χ3n) is 3.78. The van der Waals surface area contributed by atoms with E-state index in [4.69, 9.17) is 0 Å². The maximum atomic E-state index is 11.9. The van der Waals surface area contributed by atoms with Crippen molar-refractivity contribution < 1.29 is 4.79 Å². The summed E-state index contributed by atoms with van der Waals surface area (Å²) in [6.07, 6.45) is 5.62. The van der Waals surface area contributed by atoms with E-state index >= 15 is 0 Å². The second kappa shape index (κ2) is 4.52. The first-order valence-corrected chi connectivity index (χ1v) is 6.26. The zero-order valence-electron chi connectivity index (χ0n) is 9.64. The van der Waals surface area contributed by atoms with Crippen molar-refractivity contribution in [1.29, 1.82) is 0 Å². The lowest BCUT2D eigenvalue weighted by molar-refractivity contribution is -0.126. The standard InChI is InChI=1S/C12H22N2O/c1-2-4-12(5-6-12)11(15)14-9-10-3-7-13-8-10/h10,13H,2-9H2,1H3,(H,14,15). The molecule has 1 heterocycles. The van der Waals surface area contributed by atoms with Crippen LogP contribution in [0.2, 0.25) is 0 Å². The Morgan fingerprint density at radius 1 is 1.53 bits per heavy atom. The molecule has 2 fully saturated rings. The molecule has 2 rings (SSSR count). The van der Waals surface area contributed by atoms with Gasteiger partial charge in [-0.15, -0.1) is 0 Å². The van der Waals surface area contributed by atoms with Crippen LogP contribution < -0.4 is 10.6 Å². The van der Waals surface area contributed by atoms with Crippen molar-refractivity contribution in [2.24, 2.45) is 11.3 Å². The van der Waals surface area contributed by atoms with E-state index in [9.17, 15) is 4.79 Å². The van der Waals surface area contributed by atoms with Crippen LogP contribution in [0.15, 0.2) is 0 Å². The Morgan fingerprint density at radius 3 is 2.87 bits per heavy atom. The van der Waals surface area contributed by atoms with Gasteiger partial charge in [-0.25, -0.2) is 0 Å². The van der Waals surface area contributed by atoms with Gasteiger partial charge >= 0.3 is 0 Å². The molecule has 0 aromatic heterocycles. The molecule has 0 radical (unpaired) electrons. The fourth-order valence-electron chi connectivity index (χ4n) is 2.53. The summed E-state index contributed by atoms with van der Waals surface area (Å²) in [6.45, 7) is 5.22. The summed E-state index contributed by atoms with van der Waals surface area (Å²) < 4.78 is 0. The topological polar surface area (TPSA) is 41.1 Å². The van der Waals surface area contributed by atoms with Crippen molar-refractivity contribution in [1.82, 2.24) is 10.6 Å². The molecule has 2 N–H and O–H groups in total. The van der Waals surface area contributed by atoms with E-state index in [1.807, 2.05) is 0 Å². The summed E-state index contributed by atoms with van der Waals surface area (Å²) in [5, 5.41) is 6.46. The highest BCUT2D eigenvalue weighted by molar-refractivity contribution is 5.85. The van der Waals surface area contributed by atoms with Crippen molar-refractivity contribution >= 4 is 5.91 Å². The molecule has 0 aromatic rings. The highest BCUT2D eigenvalue weighted by Gasteiger charge is 2.48. The number of rotatable bonds is 5. The van der Waals surface area contributed by atoms with E-state index in [0.29, 0.717) is 11.8 Å². The first-order valence-electron chi connectivity index (χ1n) is 6.26. The lowest BCUT2D eigenvalue weighted by atomic mass is 9.99. The largest absolute Gasteiger partial charge is 0.355 e. The Labute approximate surface area is 92.0 Å². The molecule has 1 amide bonds. The second-order valence-corrected chi connectivity index (χ2v) is 5.10. The molecule has 15 heavy (non-hydrogen) atoms. The molecule has 3 nitrogen and oxygen atoms in total. The Bertz CT molecular complexity index is 230. The van der Waals surface area contributed by atoms with Gasteiger partial charge in [0.25, 0.3) is 0 Å². The molecule has 0 aromatic carbocycles. The third-order valence-corrected chi connectivity index (χ3v) is 3.78. The van der Waals surface area contributed by atoms with Crippen LogP contribution in [-0.2, 0) is 4.79 Å². The number of hydrogen-bond acceptors (Lipinski definition) is 2. The van der Waals surface area contributed by atoms with Gasteiger partial charge < -0.3 is 10.6 Å². The molecule has 1 aliphatic carbocycles. The van der Waals surface area contributed by atoms with Gasteiger partial charge in [0, 0.05) is 12.0 Å².